The highest BCUT2D eigenvalue weighted by atomic mass is 19.1. The van der Waals surface area contributed by atoms with Gasteiger partial charge in [-0.3, -0.25) is 14.5 Å². The lowest BCUT2D eigenvalue weighted by Gasteiger charge is -2.17. The Balaban J connectivity index is 2.25. The van der Waals surface area contributed by atoms with Crippen molar-refractivity contribution in [2.75, 3.05) is 0 Å². The first-order chi connectivity index (χ1) is 8.85. The van der Waals surface area contributed by atoms with Crippen molar-refractivity contribution in [2.24, 2.45) is 5.41 Å². The predicted octanol–water partition coefficient (Wildman–Crippen LogP) is 1.98. The van der Waals surface area contributed by atoms with Gasteiger partial charge in [-0.1, -0.05) is 19.9 Å². The Morgan fingerprint density at radius 3 is 2.63 bits per heavy atom. The second-order valence-electron chi connectivity index (χ2n) is 5.27. The lowest BCUT2D eigenvalue weighted by Crippen LogP contribution is -2.32. The van der Waals surface area contributed by atoms with Gasteiger partial charge in [-0.25, -0.2) is 4.39 Å². The summed E-state index contributed by atoms with van der Waals surface area (Å²) in [5, 5.41) is 8.75. The summed E-state index contributed by atoms with van der Waals surface area (Å²) < 4.78 is 13.2. The molecule has 0 aliphatic carbocycles. The molecule has 2 amide bonds. The van der Waals surface area contributed by atoms with Crippen molar-refractivity contribution in [1.82, 2.24) is 4.90 Å². The quantitative estimate of drug-likeness (QED) is 0.764. The third-order valence-corrected chi connectivity index (χ3v) is 3.21. The standard InChI is InChI=1S/C14H13FN2O2/c1-14(2)6-12(18)17(13(14)19)8-9-3-4-11(15)10(5-9)7-16/h3-5H,6,8H2,1-2H3. The van der Waals surface area contributed by atoms with Crippen molar-refractivity contribution in [3.63, 3.8) is 0 Å². The minimum Gasteiger partial charge on any atom is -0.278 e. The molecular weight excluding hydrogens is 247 g/mol. The van der Waals surface area contributed by atoms with Gasteiger partial charge in [0.15, 0.2) is 0 Å². The molecule has 5 heteroatoms. The van der Waals surface area contributed by atoms with Crippen LogP contribution in [0.5, 0.6) is 0 Å². The highest BCUT2D eigenvalue weighted by Gasteiger charge is 2.44. The van der Waals surface area contributed by atoms with Crippen LogP contribution in [-0.4, -0.2) is 16.7 Å². The number of imide groups is 1. The highest BCUT2D eigenvalue weighted by molar-refractivity contribution is 6.05. The van der Waals surface area contributed by atoms with Gasteiger partial charge < -0.3 is 0 Å². The van der Waals surface area contributed by atoms with Gasteiger partial charge in [-0.05, 0) is 17.7 Å². The topological polar surface area (TPSA) is 61.2 Å². The first-order valence-electron chi connectivity index (χ1n) is 5.88. The SMILES string of the molecule is CC1(C)CC(=O)N(Cc2ccc(F)c(C#N)c2)C1=O. The van der Waals surface area contributed by atoms with Crippen LogP contribution in [0, 0.1) is 22.6 Å². The molecule has 0 radical (unpaired) electrons. The smallest absolute Gasteiger partial charge is 0.235 e. The third-order valence-electron chi connectivity index (χ3n) is 3.21. The summed E-state index contributed by atoms with van der Waals surface area (Å²) in [5.74, 6) is -1.08. The Labute approximate surface area is 110 Å². The molecule has 1 aromatic rings. The minimum absolute atomic E-state index is 0.0794. The summed E-state index contributed by atoms with van der Waals surface area (Å²) in [6.07, 6.45) is 0.179. The van der Waals surface area contributed by atoms with E-state index in [1.54, 1.807) is 19.9 Å². The summed E-state index contributed by atoms with van der Waals surface area (Å²) in [6, 6.07) is 5.74. The first-order valence-corrected chi connectivity index (χ1v) is 5.88. The van der Waals surface area contributed by atoms with Crippen molar-refractivity contribution in [1.29, 1.82) is 5.26 Å². The molecule has 0 saturated carbocycles. The molecule has 1 fully saturated rings. The second-order valence-corrected chi connectivity index (χ2v) is 5.27. The molecule has 4 nitrogen and oxygen atoms in total. The van der Waals surface area contributed by atoms with E-state index < -0.39 is 11.2 Å². The van der Waals surface area contributed by atoms with E-state index in [1.807, 2.05) is 0 Å². The van der Waals surface area contributed by atoms with E-state index in [9.17, 15) is 14.0 Å². The van der Waals surface area contributed by atoms with E-state index in [2.05, 4.69) is 0 Å². The van der Waals surface area contributed by atoms with E-state index in [0.29, 0.717) is 5.56 Å². The van der Waals surface area contributed by atoms with Crippen molar-refractivity contribution in [3.8, 4) is 6.07 Å². The largest absolute Gasteiger partial charge is 0.278 e. The first kappa shape index (κ1) is 13.2. The van der Waals surface area contributed by atoms with E-state index in [-0.39, 0.29) is 30.3 Å². The summed E-state index contributed by atoms with van der Waals surface area (Å²) in [7, 11) is 0. The average molecular weight is 260 g/mol. The number of rotatable bonds is 2. The number of amides is 2. The predicted molar refractivity (Wildman–Crippen MR) is 65.1 cm³/mol. The molecule has 1 saturated heterocycles. The number of halogens is 1. The maximum Gasteiger partial charge on any atom is 0.235 e. The van der Waals surface area contributed by atoms with Crippen LogP contribution in [0.3, 0.4) is 0 Å². The number of carbonyl (C=O) groups is 2. The van der Waals surface area contributed by atoms with Crippen molar-refractivity contribution in [3.05, 3.63) is 35.1 Å². The van der Waals surface area contributed by atoms with Gasteiger partial charge in [-0.15, -0.1) is 0 Å². The van der Waals surface area contributed by atoms with Crippen LogP contribution in [0.1, 0.15) is 31.4 Å². The van der Waals surface area contributed by atoms with Gasteiger partial charge in [-0.2, -0.15) is 5.26 Å². The Bertz CT molecular complexity index is 602. The summed E-state index contributed by atoms with van der Waals surface area (Å²) in [4.78, 5) is 25.0. The van der Waals surface area contributed by atoms with Crippen LogP contribution in [0.4, 0.5) is 4.39 Å². The number of likely N-dealkylation sites (tertiary alicyclic amines) is 1. The molecule has 0 N–H and O–H groups in total. The van der Waals surface area contributed by atoms with Gasteiger partial charge in [0.05, 0.1) is 17.5 Å². The second kappa shape index (κ2) is 4.47. The molecule has 1 aromatic carbocycles. The lowest BCUT2D eigenvalue weighted by atomic mass is 9.92. The van der Waals surface area contributed by atoms with Crippen LogP contribution >= 0.6 is 0 Å². The Hall–Kier alpha value is -2.22. The average Bonchev–Trinajstić information content (AvgIpc) is 2.53. The number of nitrogens with zero attached hydrogens (tertiary/aromatic N) is 2. The molecule has 0 bridgehead atoms. The summed E-state index contributed by atoms with van der Waals surface area (Å²) >= 11 is 0. The molecule has 19 heavy (non-hydrogen) atoms. The van der Waals surface area contributed by atoms with Crippen LogP contribution < -0.4 is 0 Å². The lowest BCUT2D eigenvalue weighted by molar-refractivity contribution is -0.141. The fourth-order valence-electron chi connectivity index (χ4n) is 2.13. The molecule has 2 rings (SSSR count). The van der Waals surface area contributed by atoms with Gasteiger partial charge in [0.1, 0.15) is 11.9 Å². The number of benzene rings is 1. The molecule has 0 unspecified atom stereocenters. The normalized spacial score (nSPS) is 17.7. The van der Waals surface area contributed by atoms with Crippen molar-refractivity contribution in [2.45, 2.75) is 26.8 Å². The fourth-order valence-corrected chi connectivity index (χ4v) is 2.13. The van der Waals surface area contributed by atoms with Gasteiger partial charge >= 0.3 is 0 Å². The zero-order valence-electron chi connectivity index (χ0n) is 10.7. The molecule has 0 spiro atoms. The fraction of sp³-hybridized carbons (Fsp3) is 0.357. The highest BCUT2D eigenvalue weighted by Crippen LogP contribution is 2.32. The van der Waals surface area contributed by atoms with E-state index in [1.165, 1.54) is 18.2 Å². The minimum atomic E-state index is -0.685. The monoisotopic (exact) mass is 260 g/mol. The zero-order valence-corrected chi connectivity index (χ0v) is 10.7. The summed E-state index contributed by atoms with van der Waals surface area (Å²) in [5.41, 5.74) is -0.206. The van der Waals surface area contributed by atoms with Crippen LogP contribution in [0.25, 0.3) is 0 Å². The molecule has 1 heterocycles. The van der Waals surface area contributed by atoms with E-state index >= 15 is 0 Å². The molecule has 98 valence electrons. The Kier molecular flexibility index (Phi) is 3.11. The number of nitriles is 1. The van der Waals surface area contributed by atoms with Crippen LogP contribution in [0.15, 0.2) is 18.2 Å². The molecule has 0 atom stereocenters. The molecule has 1 aliphatic rings. The number of hydrogen-bond acceptors (Lipinski definition) is 3. The van der Waals surface area contributed by atoms with Crippen LogP contribution in [-0.2, 0) is 16.1 Å². The van der Waals surface area contributed by atoms with Crippen molar-refractivity contribution >= 4 is 11.8 Å². The molecule has 1 aliphatic heterocycles. The van der Waals surface area contributed by atoms with Crippen LogP contribution in [0.2, 0.25) is 0 Å². The zero-order chi connectivity index (χ0) is 14.2. The van der Waals surface area contributed by atoms with E-state index in [4.69, 9.17) is 5.26 Å². The Morgan fingerprint density at radius 1 is 1.42 bits per heavy atom. The number of hydrogen-bond donors (Lipinski definition) is 0. The van der Waals surface area contributed by atoms with Crippen molar-refractivity contribution < 1.29 is 14.0 Å². The molecule has 0 aromatic heterocycles. The third kappa shape index (κ3) is 2.34. The van der Waals surface area contributed by atoms with E-state index in [0.717, 1.165) is 4.90 Å². The summed E-state index contributed by atoms with van der Waals surface area (Å²) in [6.45, 7) is 3.52. The van der Waals surface area contributed by atoms with Gasteiger partial charge in [0.2, 0.25) is 11.8 Å². The van der Waals surface area contributed by atoms with Gasteiger partial charge in [0.25, 0.3) is 0 Å². The Morgan fingerprint density at radius 2 is 2.11 bits per heavy atom. The molecular formula is C14H13FN2O2. The maximum atomic E-state index is 13.2. The maximum absolute atomic E-state index is 13.2. The number of carbonyl (C=O) groups excluding carboxylic acids is 2. The van der Waals surface area contributed by atoms with Gasteiger partial charge in [0, 0.05) is 6.42 Å².